The predicted octanol–water partition coefficient (Wildman–Crippen LogP) is 4.29. The Morgan fingerprint density at radius 3 is 2.81 bits per heavy atom. The maximum Gasteiger partial charge on any atom is 0.265 e. The molecule has 5 nitrogen and oxygen atoms in total. The molecule has 1 aromatic heterocycles. The topological polar surface area (TPSA) is 62.3 Å². The Balaban J connectivity index is 1.64. The number of carbonyl (C=O) groups is 2. The van der Waals surface area contributed by atoms with E-state index in [0.717, 1.165) is 53.4 Å². The first-order valence-electron chi connectivity index (χ1n) is 9.70. The van der Waals surface area contributed by atoms with E-state index in [0.29, 0.717) is 13.1 Å². The molecule has 1 saturated heterocycles. The van der Waals surface area contributed by atoms with Crippen LogP contribution in [0.3, 0.4) is 0 Å². The molecule has 0 radical (unpaired) electrons. The molecule has 6 heteroatoms. The Kier molecular flexibility index (Phi) is 6.61. The molecule has 2 heterocycles. The van der Waals surface area contributed by atoms with Gasteiger partial charge in [0.25, 0.3) is 5.91 Å². The van der Waals surface area contributed by atoms with Crippen molar-refractivity contribution in [3.8, 4) is 0 Å². The predicted molar refractivity (Wildman–Crippen MR) is 109 cm³/mol. The molecule has 1 aliphatic rings. The van der Waals surface area contributed by atoms with Crippen molar-refractivity contribution in [2.75, 3.05) is 18.4 Å². The highest BCUT2D eigenvalue weighted by atomic mass is 32.1. The molecule has 0 unspecified atom stereocenters. The van der Waals surface area contributed by atoms with Crippen LogP contribution in [0, 0.1) is 12.8 Å². The zero-order valence-electron chi connectivity index (χ0n) is 16.0. The molecule has 2 amide bonds. The van der Waals surface area contributed by atoms with Crippen molar-refractivity contribution in [1.29, 1.82) is 0 Å². The summed E-state index contributed by atoms with van der Waals surface area (Å²) in [5.41, 5.74) is 1.61. The van der Waals surface area contributed by atoms with E-state index in [-0.39, 0.29) is 17.7 Å². The van der Waals surface area contributed by atoms with Crippen LogP contribution in [-0.2, 0) is 11.2 Å². The van der Waals surface area contributed by atoms with Crippen molar-refractivity contribution in [1.82, 2.24) is 9.88 Å². The Labute approximate surface area is 164 Å². The fourth-order valence-corrected chi connectivity index (χ4v) is 4.45. The second kappa shape index (κ2) is 9.13. The molecular formula is C21H27N3O2S. The average molecular weight is 386 g/mol. The second-order valence-corrected chi connectivity index (χ2v) is 8.15. The van der Waals surface area contributed by atoms with E-state index in [1.54, 1.807) is 0 Å². The summed E-state index contributed by atoms with van der Waals surface area (Å²) >= 11 is 1.51. The normalized spacial score (nSPS) is 17.0. The number of hydrogen-bond acceptors (Lipinski definition) is 4. The summed E-state index contributed by atoms with van der Waals surface area (Å²) in [6.07, 6.45) is 4.79. The summed E-state index contributed by atoms with van der Waals surface area (Å²) in [6.45, 7) is 5.23. The third-order valence-corrected chi connectivity index (χ3v) is 6.11. The van der Waals surface area contributed by atoms with Crippen molar-refractivity contribution in [3.05, 3.63) is 45.9 Å². The van der Waals surface area contributed by atoms with Gasteiger partial charge in [0, 0.05) is 18.8 Å². The van der Waals surface area contributed by atoms with Crippen molar-refractivity contribution < 1.29 is 9.59 Å². The molecule has 1 atom stereocenters. The van der Waals surface area contributed by atoms with Gasteiger partial charge in [-0.15, -0.1) is 11.3 Å². The zero-order valence-corrected chi connectivity index (χ0v) is 16.8. The van der Waals surface area contributed by atoms with Crippen LogP contribution in [0.1, 0.15) is 53.0 Å². The number of unbranched alkanes of at least 4 members (excludes halogenated alkanes) is 1. The number of anilines is 1. The Morgan fingerprint density at radius 2 is 2.07 bits per heavy atom. The largest absolute Gasteiger partial charge is 0.337 e. The second-order valence-electron chi connectivity index (χ2n) is 7.07. The molecule has 0 aliphatic carbocycles. The van der Waals surface area contributed by atoms with Gasteiger partial charge in [-0.25, -0.2) is 4.98 Å². The zero-order chi connectivity index (χ0) is 19.2. The molecule has 144 valence electrons. The highest BCUT2D eigenvalue weighted by Gasteiger charge is 2.30. The van der Waals surface area contributed by atoms with Gasteiger partial charge in [-0.3, -0.25) is 9.59 Å². The lowest BCUT2D eigenvalue weighted by Gasteiger charge is -2.31. The minimum atomic E-state index is -0.171. The quantitative estimate of drug-likeness (QED) is 0.807. The van der Waals surface area contributed by atoms with Crippen LogP contribution in [0.15, 0.2) is 30.3 Å². The number of piperidine rings is 1. The Hall–Kier alpha value is -2.21. The molecule has 0 saturated carbocycles. The van der Waals surface area contributed by atoms with Crippen LogP contribution < -0.4 is 5.32 Å². The lowest BCUT2D eigenvalue weighted by molar-refractivity contribution is -0.121. The first kappa shape index (κ1) is 19.5. The summed E-state index contributed by atoms with van der Waals surface area (Å²) in [5, 5.41) is 4.00. The van der Waals surface area contributed by atoms with Gasteiger partial charge < -0.3 is 10.2 Å². The Bertz CT molecular complexity index is 788. The molecule has 0 bridgehead atoms. The third-order valence-electron chi connectivity index (χ3n) is 4.90. The molecule has 27 heavy (non-hydrogen) atoms. The van der Waals surface area contributed by atoms with Gasteiger partial charge >= 0.3 is 0 Å². The number of aromatic nitrogens is 1. The van der Waals surface area contributed by atoms with Crippen LogP contribution in [-0.4, -0.2) is 34.8 Å². The van der Waals surface area contributed by atoms with Crippen LogP contribution in [0.4, 0.5) is 5.69 Å². The maximum atomic E-state index is 13.0. The van der Waals surface area contributed by atoms with Crippen LogP contribution in [0.2, 0.25) is 0 Å². The van der Waals surface area contributed by atoms with E-state index in [9.17, 15) is 9.59 Å². The molecule has 3 rings (SSSR count). The van der Waals surface area contributed by atoms with E-state index in [1.165, 1.54) is 11.3 Å². The number of para-hydroxylation sites is 1. The maximum absolute atomic E-state index is 13.0. The lowest BCUT2D eigenvalue weighted by Crippen LogP contribution is -2.43. The van der Waals surface area contributed by atoms with Gasteiger partial charge in [0.1, 0.15) is 4.88 Å². The molecule has 2 aromatic rings. The highest BCUT2D eigenvalue weighted by Crippen LogP contribution is 2.25. The van der Waals surface area contributed by atoms with Crippen LogP contribution in [0.5, 0.6) is 0 Å². The summed E-state index contributed by atoms with van der Waals surface area (Å²) in [7, 11) is 0. The number of aryl methyl sites for hydroxylation is 2. The fraction of sp³-hybridized carbons (Fsp3) is 0.476. The van der Waals surface area contributed by atoms with Gasteiger partial charge in [0.05, 0.1) is 16.6 Å². The summed E-state index contributed by atoms with van der Waals surface area (Å²) in [4.78, 5) is 32.7. The van der Waals surface area contributed by atoms with Crippen molar-refractivity contribution >= 4 is 28.8 Å². The van der Waals surface area contributed by atoms with E-state index in [2.05, 4.69) is 17.2 Å². The number of hydrogen-bond donors (Lipinski definition) is 1. The number of rotatable bonds is 6. The summed E-state index contributed by atoms with van der Waals surface area (Å²) in [5.74, 6) is -0.163. The van der Waals surface area contributed by atoms with E-state index >= 15 is 0 Å². The van der Waals surface area contributed by atoms with Crippen molar-refractivity contribution in [2.24, 2.45) is 5.92 Å². The van der Waals surface area contributed by atoms with Crippen molar-refractivity contribution in [3.63, 3.8) is 0 Å². The molecule has 0 spiro atoms. The van der Waals surface area contributed by atoms with Crippen LogP contribution in [0.25, 0.3) is 0 Å². The van der Waals surface area contributed by atoms with Crippen molar-refractivity contribution in [2.45, 2.75) is 46.0 Å². The molecule has 1 fully saturated rings. The fourth-order valence-electron chi connectivity index (χ4n) is 3.37. The van der Waals surface area contributed by atoms with Gasteiger partial charge in [-0.1, -0.05) is 31.5 Å². The van der Waals surface area contributed by atoms with E-state index < -0.39 is 0 Å². The van der Waals surface area contributed by atoms with Crippen LogP contribution >= 0.6 is 11.3 Å². The van der Waals surface area contributed by atoms with Gasteiger partial charge in [-0.05, 0) is 44.7 Å². The first-order chi connectivity index (χ1) is 13.1. The Morgan fingerprint density at radius 1 is 1.30 bits per heavy atom. The number of nitrogens with zero attached hydrogens (tertiary/aromatic N) is 2. The highest BCUT2D eigenvalue weighted by molar-refractivity contribution is 7.13. The average Bonchev–Trinajstić information content (AvgIpc) is 3.07. The lowest BCUT2D eigenvalue weighted by atomic mass is 9.96. The monoisotopic (exact) mass is 385 g/mol. The molecule has 1 aromatic carbocycles. The SMILES string of the molecule is CCCCc1nc(C)c(C(=O)N2CCC[C@@H](C(=O)Nc3ccccc3)C2)s1. The van der Waals surface area contributed by atoms with E-state index in [4.69, 9.17) is 0 Å². The first-order valence-corrected chi connectivity index (χ1v) is 10.5. The number of thiazole rings is 1. The summed E-state index contributed by atoms with van der Waals surface area (Å²) in [6, 6.07) is 9.47. The third kappa shape index (κ3) is 4.95. The van der Waals surface area contributed by atoms with Gasteiger partial charge in [0.2, 0.25) is 5.91 Å². The summed E-state index contributed by atoms with van der Waals surface area (Å²) < 4.78 is 0. The smallest absolute Gasteiger partial charge is 0.265 e. The number of amides is 2. The number of carbonyl (C=O) groups excluding carboxylic acids is 2. The number of nitrogens with one attached hydrogen (secondary N) is 1. The van der Waals surface area contributed by atoms with Gasteiger partial charge in [-0.2, -0.15) is 0 Å². The number of benzene rings is 1. The van der Waals surface area contributed by atoms with Gasteiger partial charge in [0.15, 0.2) is 0 Å². The standard InChI is InChI=1S/C21H27N3O2S/c1-3-4-12-18-22-15(2)19(27-18)21(26)24-13-8-9-16(14-24)20(25)23-17-10-6-5-7-11-17/h5-7,10-11,16H,3-4,8-9,12-14H2,1-2H3,(H,23,25)/t16-/m1/s1. The van der Waals surface area contributed by atoms with E-state index in [1.807, 2.05) is 42.2 Å². The molecule has 1 N–H and O–H groups in total. The molecular weight excluding hydrogens is 358 g/mol. The molecule has 1 aliphatic heterocycles. The minimum Gasteiger partial charge on any atom is -0.337 e. The minimum absolute atomic E-state index is 0.0108. The number of likely N-dealkylation sites (tertiary alicyclic amines) is 1.